The molecule has 2 aromatic carbocycles. The molecule has 5 nitrogen and oxygen atoms in total. The molecule has 2 aromatic rings. The van der Waals surface area contributed by atoms with E-state index in [1.165, 1.54) is 12.1 Å². The molecule has 0 aliphatic rings. The Morgan fingerprint density at radius 2 is 1.62 bits per heavy atom. The van der Waals surface area contributed by atoms with Crippen molar-refractivity contribution in [1.29, 1.82) is 0 Å². The Bertz CT molecular complexity index is 883. The normalized spacial score (nSPS) is 12.3. The topological polar surface area (TPSA) is 75.3 Å². The summed E-state index contributed by atoms with van der Waals surface area (Å²) in [7, 11) is -1.74. The fraction of sp³-hybridized carbons (Fsp3) is 0.300. The van der Waals surface area contributed by atoms with Crippen LogP contribution in [0.15, 0.2) is 48.5 Å². The van der Waals surface area contributed by atoms with Crippen molar-refractivity contribution in [3.8, 4) is 0 Å². The lowest BCUT2D eigenvalue weighted by Gasteiger charge is -2.10. The smallest absolute Gasteiger partial charge is 0.351 e. The highest BCUT2D eigenvalue weighted by molar-refractivity contribution is 7.86. The Morgan fingerprint density at radius 3 is 2.24 bits per heavy atom. The summed E-state index contributed by atoms with van der Waals surface area (Å²) in [5.41, 5.74) is 1.14. The zero-order valence-electron chi connectivity index (χ0n) is 15.7. The van der Waals surface area contributed by atoms with E-state index in [4.69, 9.17) is 0 Å². The predicted molar refractivity (Wildman–Crippen MR) is 106 cm³/mol. The third-order valence-electron chi connectivity index (χ3n) is 3.97. The average Bonchev–Trinajstić information content (AvgIpc) is 2.66. The van der Waals surface area contributed by atoms with Crippen LogP contribution in [0.4, 0.5) is 18.9 Å². The highest BCUT2D eigenvalue weighted by Gasteiger charge is 2.30. The first-order chi connectivity index (χ1) is 13.7. The van der Waals surface area contributed by atoms with Crippen molar-refractivity contribution >= 4 is 28.3 Å². The molecule has 1 unspecified atom stereocenters. The average molecular weight is 426 g/mol. The number of aryl methyl sites for hydroxylation is 1. The van der Waals surface area contributed by atoms with Gasteiger partial charge in [0, 0.05) is 23.0 Å². The third-order valence-corrected chi connectivity index (χ3v) is 5.14. The van der Waals surface area contributed by atoms with Crippen molar-refractivity contribution in [2.75, 3.05) is 16.8 Å². The molecular weight excluding hydrogens is 405 g/mol. The Labute approximate surface area is 169 Å². The number of nitrogens with one attached hydrogen (secondary N) is 2. The number of amides is 2. The van der Waals surface area contributed by atoms with Gasteiger partial charge in [0.1, 0.15) is 11.5 Å². The Hall–Kier alpha value is -2.68. The van der Waals surface area contributed by atoms with Crippen LogP contribution < -0.4 is 10.6 Å². The first-order valence-corrected chi connectivity index (χ1v) is 10.3. The molecule has 1 atom stereocenters. The minimum Gasteiger partial charge on any atom is -0.351 e. The summed E-state index contributed by atoms with van der Waals surface area (Å²) in [6.45, 7) is 1.88. The summed E-state index contributed by atoms with van der Waals surface area (Å²) in [5, 5.41) is 5.02. The van der Waals surface area contributed by atoms with E-state index in [1.807, 2.05) is 19.1 Å². The van der Waals surface area contributed by atoms with Gasteiger partial charge in [-0.3, -0.25) is 13.8 Å². The number of hydrogen-bond acceptors (Lipinski definition) is 3. The van der Waals surface area contributed by atoms with Crippen molar-refractivity contribution in [1.82, 2.24) is 5.32 Å². The first kappa shape index (κ1) is 22.6. The maximum atomic E-state index is 12.7. The first-order valence-electron chi connectivity index (χ1n) is 8.84. The number of anilines is 1. The SMILES string of the molecule is CCc1ccc(NC(=O)CS(=O)CC(=O)NCc2cccc(C(F)(F)F)c2)cc1. The molecule has 0 radical (unpaired) electrons. The number of benzene rings is 2. The van der Waals surface area contributed by atoms with E-state index in [0.29, 0.717) is 5.69 Å². The van der Waals surface area contributed by atoms with Gasteiger partial charge in [0.25, 0.3) is 0 Å². The second kappa shape index (κ2) is 10.2. The quantitative estimate of drug-likeness (QED) is 0.680. The van der Waals surface area contributed by atoms with Crippen molar-refractivity contribution in [3.05, 3.63) is 65.2 Å². The number of halogens is 3. The van der Waals surface area contributed by atoms with Gasteiger partial charge in [-0.2, -0.15) is 13.2 Å². The van der Waals surface area contributed by atoms with Crippen LogP contribution in [0.3, 0.4) is 0 Å². The molecule has 0 aliphatic carbocycles. The lowest BCUT2D eigenvalue weighted by molar-refractivity contribution is -0.137. The van der Waals surface area contributed by atoms with Gasteiger partial charge in [-0.15, -0.1) is 0 Å². The lowest BCUT2D eigenvalue weighted by Crippen LogP contribution is -2.31. The summed E-state index contributed by atoms with van der Waals surface area (Å²) in [6, 6.07) is 11.8. The van der Waals surface area contributed by atoms with Crippen LogP contribution in [0.2, 0.25) is 0 Å². The molecule has 0 heterocycles. The van der Waals surface area contributed by atoms with E-state index < -0.39 is 40.1 Å². The van der Waals surface area contributed by atoms with Crippen LogP contribution in [0.25, 0.3) is 0 Å². The molecule has 2 N–H and O–H groups in total. The van der Waals surface area contributed by atoms with E-state index in [0.717, 1.165) is 24.1 Å². The highest BCUT2D eigenvalue weighted by Crippen LogP contribution is 2.29. The zero-order valence-corrected chi connectivity index (χ0v) is 16.5. The molecule has 2 rings (SSSR count). The van der Waals surface area contributed by atoms with Gasteiger partial charge in [-0.25, -0.2) is 0 Å². The van der Waals surface area contributed by atoms with E-state index in [1.54, 1.807) is 12.1 Å². The van der Waals surface area contributed by atoms with Gasteiger partial charge in [0.2, 0.25) is 11.8 Å². The Balaban J connectivity index is 1.78. The molecule has 0 aromatic heterocycles. The standard InChI is InChI=1S/C20H21F3N2O3S/c1-2-14-6-8-17(9-7-14)25-19(27)13-29(28)12-18(26)24-11-15-4-3-5-16(10-15)20(21,22)23/h3-10H,2,11-13H2,1H3,(H,24,26)(H,25,27). The highest BCUT2D eigenvalue weighted by atomic mass is 32.2. The largest absolute Gasteiger partial charge is 0.416 e. The van der Waals surface area contributed by atoms with E-state index in [9.17, 15) is 27.0 Å². The molecule has 9 heteroatoms. The molecule has 0 saturated heterocycles. The molecule has 0 aliphatic heterocycles. The number of alkyl halides is 3. The van der Waals surface area contributed by atoms with Crippen LogP contribution in [-0.4, -0.2) is 27.5 Å². The van der Waals surface area contributed by atoms with Gasteiger partial charge in [-0.1, -0.05) is 31.2 Å². The van der Waals surface area contributed by atoms with Gasteiger partial charge in [0.05, 0.1) is 5.56 Å². The zero-order chi connectivity index (χ0) is 21.4. The van der Waals surface area contributed by atoms with E-state index >= 15 is 0 Å². The Kier molecular flexibility index (Phi) is 7.95. The maximum Gasteiger partial charge on any atom is 0.416 e. The van der Waals surface area contributed by atoms with Gasteiger partial charge in [0.15, 0.2) is 0 Å². The number of carbonyl (C=O) groups is 2. The summed E-state index contributed by atoms with van der Waals surface area (Å²) in [4.78, 5) is 23.8. The van der Waals surface area contributed by atoms with Crippen molar-refractivity contribution < 1.29 is 27.0 Å². The van der Waals surface area contributed by atoms with Crippen LogP contribution in [-0.2, 0) is 39.5 Å². The van der Waals surface area contributed by atoms with Crippen LogP contribution in [0, 0.1) is 0 Å². The monoisotopic (exact) mass is 426 g/mol. The number of hydrogen-bond donors (Lipinski definition) is 2. The predicted octanol–water partition coefficient (Wildman–Crippen LogP) is 3.27. The van der Waals surface area contributed by atoms with Gasteiger partial charge < -0.3 is 10.6 Å². The second-order valence-electron chi connectivity index (χ2n) is 6.30. The van der Waals surface area contributed by atoms with E-state index in [2.05, 4.69) is 10.6 Å². The van der Waals surface area contributed by atoms with E-state index in [-0.39, 0.29) is 17.9 Å². The molecule has 0 bridgehead atoms. The summed E-state index contributed by atoms with van der Waals surface area (Å²) >= 11 is 0. The van der Waals surface area contributed by atoms with Crippen LogP contribution in [0.5, 0.6) is 0 Å². The molecule has 156 valence electrons. The molecular formula is C20H21F3N2O3S. The van der Waals surface area contributed by atoms with Crippen LogP contribution >= 0.6 is 0 Å². The summed E-state index contributed by atoms with van der Waals surface area (Å²) in [5.74, 6) is -1.87. The minimum atomic E-state index is -4.47. The summed E-state index contributed by atoms with van der Waals surface area (Å²) < 4.78 is 50.1. The molecule has 29 heavy (non-hydrogen) atoms. The maximum absolute atomic E-state index is 12.7. The summed E-state index contributed by atoms with van der Waals surface area (Å²) in [6.07, 6.45) is -3.60. The van der Waals surface area contributed by atoms with Crippen LogP contribution in [0.1, 0.15) is 23.6 Å². The fourth-order valence-corrected chi connectivity index (χ4v) is 3.33. The molecule has 0 spiro atoms. The van der Waals surface area contributed by atoms with Crippen molar-refractivity contribution in [2.45, 2.75) is 26.1 Å². The second-order valence-corrected chi connectivity index (χ2v) is 7.76. The van der Waals surface area contributed by atoms with Gasteiger partial charge >= 0.3 is 6.18 Å². The Morgan fingerprint density at radius 1 is 0.966 bits per heavy atom. The molecule has 0 saturated carbocycles. The third kappa shape index (κ3) is 7.69. The molecule has 0 fully saturated rings. The van der Waals surface area contributed by atoms with Gasteiger partial charge in [-0.05, 0) is 41.8 Å². The number of rotatable bonds is 8. The molecule has 2 amide bonds. The lowest BCUT2D eigenvalue weighted by atomic mass is 10.1. The number of carbonyl (C=O) groups excluding carboxylic acids is 2. The van der Waals surface area contributed by atoms with Crippen molar-refractivity contribution in [3.63, 3.8) is 0 Å². The fourth-order valence-electron chi connectivity index (χ4n) is 2.47. The minimum absolute atomic E-state index is 0.129. The van der Waals surface area contributed by atoms with Crippen molar-refractivity contribution in [2.24, 2.45) is 0 Å².